The zero-order chi connectivity index (χ0) is 37.0. The summed E-state index contributed by atoms with van der Waals surface area (Å²) in [5, 5.41) is 5.52. The Bertz CT molecular complexity index is 3240. The van der Waals surface area contributed by atoms with Crippen molar-refractivity contribution in [2.45, 2.75) is 0 Å². The van der Waals surface area contributed by atoms with E-state index in [1.165, 1.54) is 16.3 Å². The Morgan fingerprint density at radius 3 is 1.75 bits per heavy atom. The van der Waals surface area contributed by atoms with Crippen molar-refractivity contribution in [1.82, 2.24) is 19.9 Å². The van der Waals surface area contributed by atoms with Gasteiger partial charge in [0.2, 0.25) is 0 Å². The lowest BCUT2D eigenvalue weighted by atomic mass is 10.00. The molecule has 0 saturated carbocycles. The molecule has 3 heterocycles. The normalized spacial score (nSPS) is 11.6. The number of hydrogen-bond donors (Lipinski definition) is 0. The van der Waals surface area contributed by atoms with Crippen LogP contribution >= 0.6 is 11.3 Å². The third-order valence-corrected chi connectivity index (χ3v) is 11.5. The van der Waals surface area contributed by atoms with Crippen molar-refractivity contribution in [3.63, 3.8) is 0 Å². The van der Waals surface area contributed by atoms with Crippen LogP contribution in [0.1, 0.15) is 0 Å². The molecule has 8 aromatic carbocycles. The largest absolute Gasteiger partial charge is 0.456 e. The van der Waals surface area contributed by atoms with Gasteiger partial charge in [-0.3, -0.25) is 0 Å². The highest BCUT2D eigenvalue weighted by Gasteiger charge is 2.20. The third kappa shape index (κ3) is 5.63. The summed E-state index contributed by atoms with van der Waals surface area (Å²) >= 11 is 1.71. The van der Waals surface area contributed by atoms with Crippen molar-refractivity contribution in [3.8, 4) is 67.0 Å². The van der Waals surface area contributed by atoms with Gasteiger partial charge in [-0.2, -0.15) is 0 Å². The number of fused-ring (bicyclic) bond motifs is 6. The maximum absolute atomic E-state index is 6.47. The van der Waals surface area contributed by atoms with Crippen molar-refractivity contribution in [2.75, 3.05) is 0 Å². The molecule has 0 N–H and O–H groups in total. The third-order valence-electron chi connectivity index (χ3n) is 10.4. The van der Waals surface area contributed by atoms with Gasteiger partial charge in [0.15, 0.2) is 17.5 Å². The minimum Gasteiger partial charge on any atom is -0.456 e. The van der Waals surface area contributed by atoms with Gasteiger partial charge < -0.3 is 4.42 Å². The lowest BCUT2D eigenvalue weighted by molar-refractivity contribution is 0.669. The minimum atomic E-state index is 0.602. The molecule has 0 aliphatic heterocycles. The second kappa shape index (κ2) is 13.2. The molecule has 0 aliphatic carbocycles. The summed E-state index contributed by atoms with van der Waals surface area (Å²) in [6.07, 6.45) is 0. The van der Waals surface area contributed by atoms with Gasteiger partial charge in [-0.1, -0.05) is 158 Å². The average molecular weight is 735 g/mol. The Morgan fingerprint density at radius 2 is 0.964 bits per heavy atom. The smallest absolute Gasteiger partial charge is 0.164 e. The molecule has 5 nitrogen and oxygen atoms in total. The fourth-order valence-electron chi connectivity index (χ4n) is 7.55. The topological polar surface area (TPSA) is 64.7 Å². The van der Waals surface area contributed by atoms with E-state index < -0.39 is 0 Å². The van der Waals surface area contributed by atoms with E-state index in [9.17, 15) is 0 Å². The van der Waals surface area contributed by atoms with E-state index in [4.69, 9.17) is 24.4 Å². The molecule has 11 rings (SSSR count). The summed E-state index contributed by atoms with van der Waals surface area (Å²) in [5.74, 6) is 1.84. The lowest BCUT2D eigenvalue weighted by Gasteiger charge is -2.11. The number of benzene rings is 8. The Kier molecular flexibility index (Phi) is 7.60. The number of aromatic nitrogens is 4. The monoisotopic (exact) mass is 734 g/mol. The fourth-order valence-corrected chi connectivity index (χ4v) is 8.67. The van der Waals surface area contributed by atoms with E-state index in [0.717, 1.165) is 76.1 Å². The predicted molar refractivity (Wildman–Crippen MR) is 230 cm³/mol. The van der Waals surface area contributed by atoms with E-state index in [1.807, 2.05) is 48.5 Å². The number of rotatable bonds is 6. The highest BCUT2D eigenvalue weighted by Crippen LogP contribution is 2.44. The van der Waals surface area contributed by atoms with E-state index >= 15 is 0 Å². The lowest BCUT2D eigenvalue weighted by Crippen LogP contribution is -2.00. The first-order valence-corrected chi connectivity index (χ1v) is 19.4. The molecule has 0 spiro atoms. The molecular formula is C50H30N4OS. The molecule has 0 radical (unpaired) electrons. The van der Waals surface area contributed by atoms with Gasteiger partial charge in [0, 0.05) is 33.2 Å². The molecule has 0 unspecified atom stereocenters. The van der Waals surface area contributed by atoms with Crippen molar-refractivity contribution in [3.05, 3.63) is 182 Å². The number of nitrogens with zero attached hydrogens (tertiary/aromatic N) is 4. The van der Waals surface area contributed by atoms with Gasteiger partial charge in [-0.15, -0.1) is 11.3 Å². The van der Waals surface area contributed by atoms with E-state index in [2.05, 4.69) is 133 Å². The Morgan fingerprint density at radius 1 is 0.375 bits per heavy atom. The molecule has 0 fully saturated rings. The molecule has 3 aromatic heterocycles. The fraction of sp³-hybridized carbons (Fsp3) is 0. The summed E-state index contributed by atoms with van der Waals surface area (Å²) in [6, 6.07) is 62.8. The second-order valence-electron chi connectivity index (χ2n) is 13.9. The first-order valence-electron chi connectivity index (χ1n) is 18.5. The molecule has 0 amide bonds. The van der Waals surface area contributed by atoms with Gasteiger partial charge in [0.25, 0.3) is 0 Å². The second-order valence-corrected chi connectivity index (χ2v) is 14.8. The number of furan rings is 1. The van der Waals surface area contributed by atoms with E-state index in [1.54, 1.807) is 11.3 Å². The number of para-hydroxylation sites is 1. The molecule has 6 heteroatoms. The van der Waals surface area contributed by atoms with Gasteiger partial charge >= 0.3 is 0 Å². The quantitative estimate of drug-likeness (QED) is 0.170. The van der Waals surface area contributed by atoms with Crippen LogP contribution in [0.5, 0.6) is 0 Å². The molecule has 0 aliphatic rings. The zero-order valence-electron chi connectivity index (χ0n) is 29.9. The first kappa shape index (κ1) is 32.2. The van der Waals surface area contributed by atoms with Crippen molar-refractivity contribution >= 4 is 54.3 Å². The van der Waals surface area contributed by atoms with Crippen LogP contribution in [-0.2, 0) is 0 Å². The zero-order valence-corrected chi connectivity index (χ0v) is 30.7. The van der Waals surface area contributed by atoms with Gasteiger partial charge in [0.1, 0.15) is 16.2 Å². The van der Waals surface area contributed by atoms with Crippen molar-refractivity contribution < 1.29 is 4.42 Å². The summed E-state index contributed by atoms with van der Waals surface area (Å²) in [5.41, 5.74) is 10.8. The average Bonchev–Trinajstić information content (AvgIpc) is 3.89. The minimum absolute atomic E-state index is 0.602. The first-order chi connectivity index (χ1) is 27.7. The highest BCUT2D eigenvalue weighted by molar-refractivity contribution is 7.22. The van der Waals surface area contributed by atoms with Gasteiger partial charge in [-0.25, -0.2) is 19.9 Å². The van der Waals surface area contributed by atoms with Crippen LogP contribution in [0, 0.1) is 0 Å². The predicted octanol–water partition coefficient (Wildman–Crippen LogP) is 13.5. The van der Waals surface area contributed by atoms with E-state index in [-0.39, 0.29) is 0 Å². The molecule has 262 valence electrons. The van der Waals surface area contributed by atoms with Crippen LogP contribution in [0.2, 0.25) is 0 Å². The molecule has 56 heavy (non-hydrogen) atoms. The van der Waals surface area contributed by atoms with E-state index in [0.29, 0.717) is 17.5 Å². The molecular weight excluding hydrogens is 705 g/mol. The Balaban J connectivity index is 1.04. The molecule has 0 atom stereocenters. The summed E-state index contributed by atoms with van der Waals surface area (Å²) in [6.45, 7) is 0. The summed E-state index contributed by atoms with van der Waals surface area (Å²) < 4.78 is 7.57. The standard InChI is InChI=1S/C50H30N4OS/c1-3-13-33(14-4-1)47-52-48(34-25-22-32(23-26-34)37-27-24-31-12-7-8-17-36(31)28-37)54-49(53-47)39-19-11-18-38(29-39)41-30-43-44(40-20-9-10-21-42(40)55-43)45-46(41)56-50(51-45)35-15-5-2-6-16-35/h1-30H. The van der Waals surface area contributed by atoms with Gasteiger partial charge in [-0.05, 0) is 51.7 Å². The van der Waals surface area contributed by atoms with Crippen LogP contribution in [0.3, 0.4) is 0 Å². The molecule has 0 bridgehead atoms. The Hall–Kier alpha value is -7.28. The maximum atomic E-state index is 6.47. The van der Waals surface area contributed by atoms with Crippen LogP contribution < -0.4 is 0 Å². The molecule has 11 aromatic rings. The van der Waals surface area contributed by atoms with Crippen LogP contribution in [0.4, 0.5) is 0 Å². The van der Waals surface area contributed by atoms with Crippen LogP contribution in [0.25, 0.3) is 110 Å². The number of thiazole rings is 1. The van der Waals surface area contributed by atoms with Gasteiger partial charge in [0.05, 0.1) is 15.6 Å². The Labute approximate surface area is 326 Å². The molecule has 0 saturated heterocycles. The van der Waals surface area contributed by atoms with Crippen LogP contribution in [-0.4, -0.2) is 19.9 Å². The SMILES string of the molecule is c1ccc(-c2nc(-c3ccc(-c4ccc5ccccc5c4)cc3)nc(-c3cccc(-c4cc5oc6ccccc6c5c5nc(-c6ccccc6)sc45)c3)n2)cc1. The summed E-state index contributed by atoms with van der Waals surface area (Å²) in [4.78, 5) is 20.4. The van der Waals surface area contributed by atoms with Crippen molar-refractivity contribution in [1.29, 1.82) is 0 Å². The summed E-state index contributed by atoms with van der Waals surface area (Å²) in [7, 11) is 0. The van der Waals surface area contributed by atoms with Crippen molar-refractivity contribution in [2.24, 2.45) is 0 Å². The number of hydrogen-bond acceptors (Lipinski definition) is 6. The maximum Gasteiger partial charge on any atom is 0.164 e. The highest BCUT2D eigenvalue weighted by atomic mass is 32.1. The van der Waals surface area contributed by atoms with Crippen LogP contribution in [0.15, 0.2) is 186 Å².